The van der Waals surface area contributed by atoms with E-state index in [-0.39, 0.29) is 0 Å². The molecule has 0 bridgehead atoms. The average Bonchev–Trinajstić information content (AvgIpc) is 2.94. The normalized spacial score (nSPS) is 26.7. The van der Waals surface area contributed by atoms with Crippen molar-refractivity contribution in [3.8, 4) is 0 Å². The van der Waals surface area contributed by atoms with Crippen LogP contribution in [0.2, 0.25) is 0 Å². The first-order valence-corrected chi connectivity index (χ1v) is 8.48. The smallest absolute Gasteiger partial charge is 0.223 e. The van der Waals surface area contributed by atoms with Crippen molar-refractivity contribution in [2.24, 2.45) is 5.92 Å². The molecule has 2 aromatic heterocycles. The van der Waals surface area contributed by atoms with Gasteiger partial charge in [0.25, 0.3) is 0 Å². The van der Waals surface area contributed by atoms with Crippen molar-refractivity contribution in [3.05, 3.63) is 11.4 Å². The van der Waals surface area contributed by atoms with Gasteiger partial charge in [-0.15, -0.1) is 11.3 Å². The van der Waals surface area contributed by atoms with Crippen molar-refractivity contribution < 1.29 is 0 Å². The van der Waals surface area contributed by atoms with Crippen LogP contribution < -0.4 is 10.6 Å². The summed E-state index contributed by atoms with van der Waals surface area (Å²) in [4.78, 5) is 12.5. The van der Waals surface area contributed by atoms with Crippen LogP contribution in [0.25, 0.3) is 10.2 Å². The molecule has 2 fully saturated rings. The molecule has 2 aromatic rings. The molecule has 2 unspecified atom stereocenters. The zero-order chi connectivity index (χ0) is 13.5. The van der Waals surface area contributed by atoms with Crippen LogP contribution in [0.1, 0.15) is 38.5 Å². The van der Waals surface area contributed by atoms with Gasteiger partial charge >= 0.3 is 0 Å². The van der Waals surface area contributed by atoms with Crippen molar-refractivity contribution >= 4 is 33.3 Å². The van der Waals surface area contributed by atoms with E-state index in [4.69, 9.17) is 5.73 Å². The van der Waals surface area contributed by atoms with Crippen LogP contribution in [-0.2, 0) is 0 Å². The highest BCUT2D eigenvalue weighted by Crippen LogP contribution is 2.39. The number of nitrogens with two attached hydrogens (primary N) is 1. The van der Waals surface area contributed by atoms with E-state index in [1.165, 1.54) is 43.9 Å². The summed E-state index contributed by atoms with van der Waals surface area (Å²) in [6, 6.07) is 2.80. The Balaban J connectivity index is 1.79. The molecular weight excluding hydrogens is 268 g/mol. The first-order valence-electron chi connectivity index (χ1n) is 7.60. The highest BCUT2D eigenvalue weighted by Gasteiger charge is 2.34. The molecule has 1 aliphatic carbocycles. The summed E-state index contributed by atoms with van der Waals surface area (Å²) >= 11 is 1.65. The summed E-state index contributed by atoms with van der Waals surface area (Å²) in [7, 11) is 0. The molecule has 0 amide bonds. The minimum Gasteiger partial charge on any atom is -0.368 e. The maximum atomic E-state index is 5.92. The third kappa shape index (κ3) is 1.95. The van der Waals surface area contributed by atoms with Crippen LogP contribution in [0.4, 0.5) is 11.8 Å². The number of fused-ring (bicyclic) bond motifs is 2. The second-order valence-corrected chi connectivity index (χ2v) is 6.89. The minimum atomic E-state index is 0.410. The van der Waals surface area contributed by atoms with E-state index in [2.05, 4.69) is 26.3 Å². The van der Waals surface area contributed by atoms with E-state index < -0.39 is 0 Å². The SMILES string of the molecule is Nc1nc(N2CCCC3CCCCC32)c2ccsc2n1. The summed E-state index contributed by atoms with van der Waals surface area (Å²) in [6.07, 6.45) is 8.10. The Labute approximate surface area is 123 Å². The van der Waals surface area contributed by atoms with Gasteiger partial charge in [0.15, 0.2) is 0 Å². The topological polar surface area (TPSA) is 55.0 Å². The molecule has 20 heavy (non-hydrogen) atoms. The van der Waals surface area contributed by atoms with Gasteiger partial charge in [0.2, 0.25) is 5.95 Å². The fourth-order valence-corrected chi connectivity index (χ4v) is 4.73. The monoisotopic (exact) mass is 288 g/mol. The van der Waals surface area contributed by atoms with E-state index in [0.717, 1.165) is 23.1 Å². The highest BCUT2D eigenvalue weighted by molar-refractivity contribution is 7.16. The Kier molecular flexibility index (Phi) is 3.02. The number of hydrogen-bond acceptors (Lipinski definition) is 5. The Morgan fingerprint density at radius 2 is 2.00 bits per heavy atom. The van der Waals surface area contributed by atoms with Crippen LogP contribution in [0.3, 0.4) is 0 Å². The molecule has 0 radical (unpaired) electrons. The van der Waals surface area contributed by atoms with Crippen molar-refractivity contribution in [1.29, 1.82) is 0 Å². The Hall–Kier alpha value is -1.36. The third-order valence-corrected chi connectivity index (χ3v) is 5.64. The minimum absolute atomic E-state index is 0.410. The van der Waals surface area contributed by atoms with E-state index in [9.17, 15) is 0 Å². The second kappa shape index (κ2) is 4.88. The maximum Gasteiger partial charge on any atom is 0.223 e. The van der Waals surface area contributed by atoms with Gasteiger partial charge in [-0.05, 0) is 43.0 Å². The van der Waals surface area contributed by atoms with E-state index >= 15 is 0 Å². The average molecular weight is 288 g/mol. The molecule has 2 aliphatic rings. The third-order valence-electron chi connectivity index (χ3n) is 4.84. The van der Waals surface area contributed by atoms with Gasteiger partial charge in [0.05, 0.1) is 5.39 Å². The number of aromatic nitrogens is 2. The molecule has 4 rings (SSSR count). The van der Waals surface area contributed by atoms with Crippen LogP contribution in [0.15, 0.2) is 11.4 Å². The molecule has 0 aromatic carbocycles. The Morgan fingerprint density at radius 1 is 1.15 bits per heavy atom. The van der Waals surface area contributed by atoms with Gasteiger partial charge < -0.3 is 10.6 Å². The van der Waals surface area contributed by atoms with Crippen LogP contribution in [0, 0.1) is 5.92 Å². The first kappa shape index (κ1) is 12.4. The number of nitrogen functional groups attached to an aromatic ring is 1. The molecular formula is C15H20N4S. The highest BCUT2D eigenvalue weighted by atomic mass is 32.1. The number of piperidine rings is 1. The van der Waals surface area contributed by atoms with E-state index in [1.807, 2.05) is 0 Å². The van der Waals surface area contributed by atoms with Gasteiger partial charge in [-0.25, -0.2) is 4.98 Å². The number of rotatable bonds is 1. The molecule has 2 atom stereocenters. The molecule has 2 N–H and O–H groups in total. The fraction of sp³-hybridized carbons (Fsp3) is 0.600. The molecule has 1 saturated carbocycles. The molecule has 4 nitrogen and oxygen atoms in total. The number of nitrogens with zero attached hydrogens (tertiary/aromatic N) is 3. The maximum absolute atomic E-state index is 5.92. The summed E-state index contributed by atoms with van der Waals surface area (Å²) in [5.41, 5.74) is 5.92. The molecule has 0 spiro atoms. The van der Waals surface area contributed by atoms with E-state index in [1.54, 1.807) is 11.3 Å². The van der Waals surface area contributed by atoms with Crippen molar-refractivity contribution in [1.82, 2.24) is 9.97 Å². The zero-order valence-corrected chi connectivity index (χ0v) is 12.4. The predicted molar refractivity (Wildman–Crippen MR) is 84.2 cm³/mol. The lowest BCUT2D eigenvalue weighted by Crippen LogP contribution is -2.47. The first-order chi connectivity index (χ1) is 9.83. The number of anilines is 2. The Morgan fingerprint density at radius 3 is 2.95 bits per heavy atom. The fourth-order valence-electron chi connectivity index (χ4n) is 3.96. The number of thiophene rings is 1. The van der Waals surface area contributed by atoms with Crippen molar-refractivity contribution in [3.63, 3.8) is 0 Å². The quantitative estimate of drug-likeness (QED) is 0.873. The van der Waals surface area contributed by atoms with Gasteiger partial charge in [-0.1, -0.05) is 12.8 Å². The lowest BCUT2D eigenvalue weighted by molar-refractivity contribution is 0.243. The van der Waals surface area contributed by atoms with Crippen molar-refractivity contribution in [2.75, 3.05) is 17.2 Å². The summed E-state index contributed by atoms with van der Waals surface area (Å²) in [6.45, 7) is 1.11. The van der Waals surface area contributed by atoms with Gasteiger partial charge in [-0.2, -0.15) is 4.98 Å². The van der Waals surface area contributed by atoms with Gasteiger partial charge in [-0.3, -0.25) is 0 Å². The standard InChI is InChI=1S/C15H20N4S/c16-15-17-13(11-7-9-20-14(11)18-15)19-8-3-5-10-4-1-2-6-12(10)19/h7,9-10,12H,1-6,8H2,(H2,16,17,18). The summed E-state index contributed by atoms with van der Waals surface area (Å²) in [5.74, 6) is 2.33. The predicted octanol–water partition coefficient (Wildman–Crippen LogP) is 3.43. The van der Waals surface area contributed by atoms with Crippen LogP contribution in [0.5, 0.6) is 0 Å². The van der Waals surface area contributed by atoms with E-state index in [0.29, 0.717) is 12.0 Å². The summed E-state index contributed by atoms with van der Waals surface area (Å²) in [5, 5.41) is 3.26. The van der Waals surface area contributed by atoms with Crippen molar-refractivity contribution in [2.45, 2.75) is 44.6 Å². The van der Waals surface area contributed by atoms with Gasteiger partial charge in [0, 0.05) is 12.6 Å². The Bertz CT molecular complexity index is 621. The second-order valence-electron chi connectivity index (χ2n) is 5.99. The zero-order valence-electron chi connectivity index (χ0n) is 11.6. The molecule has 106 valence electrons. The molecule has 1 saturated heterocycles. The number of hydrogen-bond donors (Lipinski definition) is 1. The van der Waals surface area contributed by atoms with Crippen LogP contribution in [-0.4, -0.2) is 22.6 Å². The lowest BCUT2D eigenvalue weighted by Gasteiger charge is -2.45. The van der Waals surface area contributed by atoms with Gasteiger partial charge in [0.1, 0.15) is 10.6 Å². The molecule has 3 heterocycles. The van der Waals surface area contributed by atoms with Crippen LogP contribution >= 0.6 is 11.3 Å². The lowest BCUT2D eigenvalue weighted by atomic mass is 9.78. The molecule has 5 heteroatoms. The largest absolute Gasteiger partial charge is 0.368 e. The summed E-state index contributed by atoms with van der Waals surface area (Å²) < 4.78 is 0. The molecule has 1 aliphatic heterocycles.